The number of hydrogen-bond acceptors (Lipinski definition) is 4. The Kier molecular flexibility index (Phi) is 5.13. The fraction of sp³-hybridized carbons (Fsp3) is 0.235. The van der Waals surface area contributed by atoms with Crippen LogP contribution in [0, 0.1) is 12.7 Å². The average Bonchev–Trinajstić information content (AvgIpc) is 3.01. The van der Waals surface area contributed by atoms with E-state index in [1.165, 1.54) is 38.2 Å². The lowest BCUT2D eigenvalue weighted by atomic mass is 10.2. The Morgan fingerprint density at radius 1 is 1.25 bits per heavy atom. The van der Waals surface area contributed by atoms with Crippen LogP contribution in [0.2, 0.25) is 0 Å². The molecule has 24 heavy (non-hydrogen) atoms. The first-order valence-corrected chi connectivity index (χ1v) is 7.25. The van der Waals surface area contributed by atoms with Crippen LogP contribution in [0.4, 0.5) is 10.1 Å². The first kappa shape index (κ1) is 17.4. The molecule has 0 saturated heterocycles. The number of ether oxygens (including phenoxy) is 1. The number of anilines is 1. The number of carbonyl (C=O) groups is 3. The molecule has 0 fully saturated rings. The van der Waals surface area contributed by atoms with Gasteiger partial charge in [0.15, 0.2) is 11.9 Å². The smallest absolute Gasteiger partial charge is 0.355 e. The van der Waals surface area contributed by atoms with E-state index in [4.69, 9.17) is 4.74 Å². The van der Waals surface area contributed by atoms with E-state index < -0.39 is 23.8 Å². The summed E-state index contributed by atoms with van der Waals surface area (Å²) >= 11 is 0. The third-order valence-electron chi connectivity index (χ3n) is 3.40. The zero-order valence-electron chi connectivity index (χ0n) is 13.5. The number of H-pyrrole nitrogens is 1. The number of nitrogens with one attached hydrogen (secondary N) is 2. The monoisotopic (exact) mass is 332 g/mol. The molecule has 0 aliphatic carbocycles. The van der Waals surface area contributed by atoms with Gasteiger partial charge >= 0.3 is 5.97 Å². The molecule has 0 saturated carbocycles. The number of amides is 1. The molecule has 1 amide bonds. The molecule has 2 rings (SSSR count). The Morgan fingerprint density at radius 3 is 2.54 bits per heavy atom. The zero-order chi connectivity index (χ0) is 17.9. The van der Waals surface area contributed by atoms with Crippen molar-refractivity contribution in [3.05, 3.63) is 53.1 Å². The molecule has 0 aliphatic heterocycles. The molecular weight excluding hydrogens is 315 g/mol. The van der Waals surface area contributed by atoms with Crippen molar-refractivity contribution >= 4 is 23.3 Å². The predicted octanol–water partition coefficient (Wildman–Crippen LogP) is 2.85. The summed E-state index contributed by atoms with van der Waals surface area (Å²) in [4.78, 5) is 37.8. The van der Waals surface area contributed by atoms with Crippen molar-refractivity contribution in [3.8, 4) is 0 Å². The minimum atomic E-state index is -1.09. The number of halogens is 1. The maximum Gasteiger partial charge on any atom is 0.355 e. The Bertz CT molecular complexity index is 798. The van der Waals surface area contributed by atoms with Crippen LogP contribution in [0.3, 0.4) is 0 Å². The highest BCUT2D eigenvalue weighted by Crippen LogP contribution is 2.14. The van der Waals surface area contributed by atoms with Gasteiger partial charge in [-0.2, -0.15) is 0 Å². The lowest BCUT2D eigenvalue weighted by Gasteiger charge is -2.13. The third-order valence-corrected chi connectivity index (χ3v) is 3.40. The maximum absolute atomic E-state index is 13.5. The predicted molar refractivity (Wildman–Crippen MR) is 85.4 cm³/mol. The van der Waals surface area contributed by atoms with Crippen molar-refractivity contribution in [2.45, 2.75) is 26.9 Å². The Morgan fingerprint density at radius 2 is 1.96 bits per heavy atom. The topological polar surface area (TPSA) is 88.3 Å². The summed E-state index contributed by atoms with van der Waals surface area (Å²) in [5.41, 5.74) is 1.14. The number of rotatable bonds is 5. The van der Waals surface area contributed by atoms with E-state index in [1.54, 1.807) is 13.0 Å². The van der Waals surface area contributed by atoms with Gasteiger partial charge in [-0.25, -0.2) is 9.18 Å². The molecule has 7 heteroatoms. The SMILES string of the molecule is CC(=O)c1c[nH]c(C(=O)O[C@H](C)C(=O)Nc2ccc(C)c(F)c2)c1. The molecule has 1 aromatic heterocycles. The highest BCUT2D eigenvalue weighted by atomic mass is 19.1. The first-order valence-electron chi connectivity index (χ1n) is 7.25. The van der Waals surface area contributed by atoms with Gasteiger partial charge < -0.3 is 15.0 Å². The van der Waals surface area contributed by atoms with Gasteiger partial charge in [0.05, 0.1) is 0 Å². The Hall–Kier alpha value is -2.96. The highest BCUT2D eigenvalue weighted by Gasteiger charge is 2.20. The molecule has 0 radical (unpaired) electrons. The molecule has 1 heterocycles. The zero-order valence-corrected chi connectivity index (χ0v) is 13.5. The summed E-state index contributed by atoms with van der Waals surface area (Å²) in [6.45, 7) is 4.37. The summed E-state index contributed by atoms with van der Waals surface area (Å²) in [6.07, 6.45) is 0.296. The largest absolute Gasteiger partial charge is 0.448 e. The maximum atomic E-state index is 13.5. The number of aryl methyl sites for hydroxylation is 1. The highest BCUT2D eigenvalue weighted by molar-refractivity contribution is 5.99. The van der Waals surface area contributed by atoms with Crippen LogP contribution in [0.15, 0.2) is 30.5 Å². The van der Waals surface area contributed by atoms with Gasteiger partial charge in [0.2, 0.25) is 0 Å². The molecular formula is C17H17FN2O4. The number of benzene rings is 1. The standard InChI is InChI=1S/C17H17FN2O4/c1-9-4-5-13(7-14(9)18)20-16(22)11(3)24-17(23)15-6-12(8-19-15)10(2)21/h4-8,11,19H,1-3H3,(H,20,22)/t11-/m1/s1. The number of carbonyl (C=O) groups excluding carboxylic acids is 3. The molecule has 1 aromatic carbocycles. The van der Waals surface area contributed by atoms with Crippen LogP contribution in [-0.2, 0) is 9.53 Å². The number of esters is 1. The average molecular weight is 332 g/mol. The second-order valence-electron chi connectivity index (χ2n) is 5.36. The number of aromatic amines is 1. The van der Waals surface area contributed by atoms with Crippen molar-refractivity contribution in [3.63, 3.8) is 0 Å². The van der Waals surface area contributed by atoms with E-state index >= 15 is 0 Å². The molecule has 0 bridgehead atoms. The minimum absolute atomic E-state index is 0.0706. The van der Waals surface area contributed by atoms with Crippen LogP contribution in [-0.4, -0.2) is 28.7 Å². The van der Waals surface area contributed by atoms with E-state index in [-0.39, 0.29) is 17.2 Å². The summed E-state index contributed by atoms with van der Waals surface area (Å²) in [7, 11) is 0. The van der Waals surface area contributed by atoms with Crippen LogP contribution >= 0.6 is 0 Å². The molecule has 0 unspecified atom stereocenters. The molecule has 126 valence electrons. The van der Waals surface area contributed by atoms with Crippen molar-refractivity contribution in [1.29, 1.82) is 0 Å². The van der Waals surface area contributed by atoms with Crippen LogP contribution in [0.5, 0.6) is 0 Å². The van der Waals surface area contributed by atoms with Crippen molar-refractivity contribution in [2.24, 2.45) is 0 Å². The van der Waals surface area contributed by atoms with E-state index in [0.717, 1.165) is 0 Å². The van der Waals surface area contributed by atoms with Gasteiger partial charge in [0.25, 0.3) is 5.91 Å². The van der Waals surface area contributed by atoms with Crippen molar-refractivity contribution in [1.82, 2.24) is 4.98 Å². The molecule has 1 atom stereocenters. The molecule has 2 aromatic rings. The van der Waals surface area contributed by atoms with Crippen LogP contribution in [0.25, 0.3) is 0 Å². The summed E-state index contributed by atoms with van der Waals surface area (Å²) in [5, 5.41) is 2.47. The number of ketones is 1. The fourth-order valence-electron chi connectivity index (χ4n) is 1.91. The second-order valence-corrected chi connectivity index (χ2v) is 5.36. The van der Waals surface area contributed by atoms with Crippen LogP contribution < -0.4 is 5.32 Å². The Labute approximate surface area is 138 Å². The lowest BCUT2D eigenvalue weighted by molar-refractivity contribution is -0.123. The quantitative estimate of drug-likeness (QED) is 0.651. The third kappa shape index (κ3) is 4.07. The van der Waals surface area contributed by atoms with Gasteiger partial charge in [-0.1, -0.05) is 6.07 Å². The van der Waals surface area contributed by atoms with Crippen molar-refractivity contribution in [2.75, 3.05) is 5.32 Å². The van der Waals surface area contributed by atoms with Gasteiger partial charge in [0, 0.05) is 17.4 Å². The molecule has 6 nitrogen and oxygen atoms in total. The van der Waals surface area contributed by atoms with E-state index in [1.807, 2.05) is 0 Å². The van der Waals surface area contributed by atoms with Gasteiger partial charge in [0.1, 0.15) is 11.5 Å². The molecule has 0 aliphatic rings. The summed E-state index contributed by atoms with van der Waals surface area (Å²) in [6, 6.07) is 5.62. The van der Waals surface area contributed by atoms with Gasteiger partial charge in [-0.05, 0) is 44.5 Å². The van der Waals surface area contributed by atoms with Crippen LogP contribution in [0.1, 0.15) is 40.3 Å². The Balaban J connectivity index is 1.98. The van der Waals surface area contributed by atoms with E-state index in [2.05, 4.69) is 10.3 Å². The molecule has 0 spiro atoms. The van der Waals surface area contributed by atoms with Gasteiger partial charge in [-0.3, -0.25) is 9.59 Å². The number of aromatic nitrogens is 1. The molecule has 2 N–H and O–H groups in total. The van der Waals surface area contributed by atoms with E-state index in [9.17, 15) is 18.8 Å². The second kappa shape index (κ2) is 7.08. The van der Waals surface area contributed by atoms with Gasteiger partial charge in [-0.15, -0.1) is 0 Å². The lowest BCUT2D eigenvalue weighted by Crippen LogP contribution is -2.30. The minimum Gasteiger partial charge on any atom is -0.448 e. The van der Waals surface area contributed by atoms with E-state index in [0.29, 0.717) is 11.1 Å². The number of hydrogen-bond donors (Lipinski definition) is 2. The fourth-order valence-corrected chi connectivity index (χ4v) is 1.91. The summed E-state index contributed by atoms with van der Waals surface area (Å²) < 4.78 is 18.5. The number of Topliss-reactive ketones (excluding diaryl/α,β-unsaturated/α-hetero) is 1. The van der Waals surface area contributed by atoms with Crippen molar-refractivity contribution < 1.29 is 23.5 Å². The normalized spacial score (nSPS) is 11.7. The first-order chi connectivity index (χ1) is 11.3. The summed E-state index contributed by atoms with van der Waals surface area (Å²) in [5.74, 6) is -2.00.